The Labute approximate surface area is 217 Å². The maximum Gasteiger partial charge on any atom is 0.181 e. The number of halogens is 2. The maximum atomic E-state index is 6.04. The van der Waals surface area contributed by atoms with E-state index in [0.717, 1.165) is 50.3 Å². The Morgan fingerprint density at radius 3 is 2.47 bits per heavy atom. The van der Waals surface area contributed by atoms with Crippen molar-refractivity contribution in [2.24, 2.45) is 0 Å². The summed E-state index contributed by atoms with van der Waals surface area (Å²) in [6.45, 7) is 2.06. The molecular formula is C26H20Cl2N8. The number of hydrogen-bond donors (Lipinski definition) is 3. The lowest BCUT2D eigenvalue weighted by atomic mass is 10.0. The second-order valence-electron chi connectivity index (χ2n) is 7.99. The number of benzene rings is 2. The Bertz CT molecular complexity index is 1680. The lowest BCUT2D eigenvalue weighted by Crippen LogP contribution is -2.02. The zero-order chi connectivity index (χ0) is 23.8. The lowest BCUT2D eigenvalue weighted by Gasteiger charge is -2.17. The first-order valence-corrected chi connectivity index (χ1v) is 11.3. The largest absolute Gasteiger partial charge is 0.341 e. The van der Waals surface area contributed by atoms with Crippen LogP contribution in [0.1, 0.15) is 5.56 Å². The second-order valence-corrected chi connectivity index (χ2v) is 8.43. The van der Waals surface area contributed by atoms with E-state index in [2.05, 4.69) is 59.6 Å². The van der Waals surface area contributed by atoms with Crippen LogP contribution in [-0.2, 0) is 0 Å². The molecule has 0 aliphatic heterocycles. The zero-order valence-corrected chi connectivity index (χ0v) is 20.6. The van der Waals surface area contributed by atoms with Gasteiger partial charge in [-0.05, 0) is 55.0 Å². The Morgan fingerprint density at radius 2 is 1.61 bits per heavy atom. The Kier molecular flexibility index (Phi) is 6.37. The van der Waals surface area contributed by atoms with Gasteiger partial charge in [0, 0.05) is 39.4 Å². The van der Waals surface area contributed by atoms with Crippen LogP contribution in [0, 0.1) is 6.92 Å². The summed E-state index contributed by atoms with van der Waals surface area (Å²) in [4.78, 5) is 25.3. The molecule has 0 radical (unpaired) electrons. The van der Waals surface area contributed by atoms with E-state index >= 15 is 0 Å². The highest BCUT2D eigenvalue weighted by molar-refractivity contribution is 6.30. The topological polar surface area (TPSA) is 104 Å². The van der Waals surface area contributed by atoms with E-state index in [-0.39, 0.29) is 12.4 Å². The smallest absolute Gasteiger partial charge is 0.181 e. The highest BCUT2D eigenvalue weighted by Crippen LogP contribution is 2.36. The van der Waals surface area contributed by atoms with Gasteiger partial charge >= 0.3 is 0 Å². The number of anilines is 4. The highest BCUT2D eigenvalue weighted by atomic mass is 35.5. The summed E-state index contributed by atoms with van der Waals surface area (Å²) in [7, 11) is 0. The number of aromatic amines is 1. The van der Waals surface area contributed by atoms with Crippen molar-refractivity contribution in [3.05, 3.63) is 90.2 Å². The van der Waals surface area contributed by atoms with Gasteiger partial charge in [0.1, 0.15) is 29.2 Å². The van der Waals surface area contributed by atoms with E-state index in [9.17, 15) is 0 Å². The molecule has 36 heavy (non-hydrogen) atoms. The molecule has 0 amide bonds. The molecule has 2 aromatic carbocycles. The molecule has 0 bridgehead atoms. The van der Waals surface area contributed by atoms with Crippen LogP contribution in [0.4, 0.5) is 23.0 Å². The first kappa shape index (κ1) is 23.5. The monoisotopic (exact) mass is 514 g/mol. The minimum absolute atomic E-state index is 0. The molecule has 0 aliphatic carbocycles. The van der Waals surface area contributed by atoms with Crippen molar-refractivity contribution in [2.45, 2.75) is 6.92 Å². The van der Waals surface area contributed by atoms with Gasteiger partial charge in [-0.15, -0.1) is 12.4 Å². The first-order valence-electron chi connectivity index (χ1n) is 10.9. The van der Waals surface area contributed by atoms with Crippen molar-refractivity contribution >= 4 is 69.0 Å². The molecule has 10 heteroatoms. The van der Waals surface area contributed by atoms with Crippen LogP contribution < -0.4 is 10.6 Å². The van der Waals surface area contributed by atoms with E-state index in [0.29, 0.717) is 16.5 Å². The normalized spacial score (nSPS) is 10.8. The van der Waals surface area contributed by atoms with Crippen molar-refractivity contribution in [3.63, 3.8) is 0 Å². The third-order valence-electron chi connectivity index (χ3n) is 5.79. The van der Waals surface area contributed by atoms with Crippen LogP contribution in [-0.4, -0.2) is 29.9 Å². The fraction of sp³-hybridized carbons (Fsp3) is 0.0385. The second kappa shape index (κ2) is 9.77. The van der Waals surface area contributed by atoms with Gasteiger partial charge in [-0.2, -0.15) is 0 Å². The van der Waals surface area contributed by atoms with Crippen LogP contribution in [0.15, 0.2) is 79.6 Å². The molecule has 8 nitrogen and oxygen atoms in total. The number of aromatic nitrogens is 6. The van der Waals surface area contributed by atoms with E-state index in [1.54, 1.807) is 18.7 Å². The highest BCUT2D eigenvalue weighted by Gasteiger charge is 2.16. The van der Waals surface area contributed by atoms with Gasteiger partial charge < -0.3 is 15.6 Å². The number of aryl methyl sites for hydroxylation is 1. The van der Waals surface area contributed by atoms with E-state index in [4.69, 9.17) is 11.6 Å². The summed E-state index contributed by atoms with van der Waals surface area (Å²) in [6.07, 6.45) is 6.68. The third-order valence-corrected chi connectivity index (χ3v) is 6.04. The molecule has 3 N–H and O–H groups in total. The minimum Gasteiger partial charge on any atom is -0.341 e. The summed E-state index contributed by atoms with van der Waals surface area (Å²) in [5, 5.41) is 9.64. The number of pyridine rings is 2. The maximum absolute atomic E-state index is 6.04. The van der Waals surface area contributed by atoms with Gasteiger partial charge in [-0.1, -0.05) is 23.7 Å². The quantitative estimate of drug-likeness (QED) is 0.231. The van der Waals surface area contributed by atoms with Gasteiger partial charge in [-0.25, -0.2) is 24.9 Å². The Hall–Kier alpha value is -4.27. The van der Waals surface area contributed by atoms with Crippen molar-refractivity contribution in [3.8, 4) is 11.3 Å². The molecular weight excluding hydrogens is 495 g/mol. The van der Waals surface area contributed by atoms with E-state index in [1.807, 2.05) is 42.5 Å². The summed E-state index contributed by atoms with van der Waals surface area (Å²) in [6, 6.07) is 17.5. The molecule has 4 aromatic heterocycles. The number of nitrogens with one attached hydrogen (secondary N) is 3. The molecule has 0 spiro atoms. The SMILES string of the molecule is Cc1ccc2c(Nc3ccc(Cl)cc3)nccc2c1Nc1ncccc1-c1ncnc2nc[nH]c12.Cl. The molecule has 0 fully saturated rings. The molecule has 6 rings (SSSR count). The fourth-order valence-corrected chi connectivity index (χ4v) is 4.21. The molecule has 0 aliphatic rings. The average Bonchev–Trinajstić information content (AvgIpc) is 3.37. The summed E-state index contributed by atoms with van der Waals surface area (Å²) in [5.74, 6) is 1.44. The number of nitrogens with zero attached hydrogens (tertiary/aromatic N) is 5. The zero-order valence-electron chi connectivity index (χ0n) is 19.0. The molecule has 0 unspecified atom stereocenters. The standard InChI is InChI=1S/C26H19ClN8.ClH/c1-15-4-9-19-18(10-12-29-24(19)34-17-7-5-16(27)6-8-17)21(15)35-25-20(3-2-11-28-25)22-23-26(32-13-30-22)33-14-31-23;/h2-14H,1H3,(H,28,35)(H,29,34)(H,30,31,32,33);1H. The molecule has 0 saturated carbocycles. The van der Waals surface area contributed by atoms with Gasteiger partial charge in [0.05, 0.1) is 12.0 Å². The average molecular weight is 515 g/mol. The lowest BCUT2D eigenvalue weighted by molar-refractivity contribution is 1.19. The van der Waals surface area contributed by atoms with E-state index in [1.165, 1.54) is 6.33 Å². The number of hydrogen-bond acceptors (Lipinski definition) is 7. The fourth-order valence-electron chi connectivity index (χ4n) is 4.08. The molecule has 4 heterocycles. The Morgan fingerprint density at radius 1 is 0.778 bits per heavy atom. The third kappa shape index (κ3) is 4.28. The van der Waals surface area contributed by atoms with Crippen LogP contribution in [0.25, 0.3) is 33.2 Å². The first-order chi connectivity index (χ1) is 17.2. The van der Waals surface area contributed by atoms with Gasteiger partial charge in [0.2, 0.25) is 0 Å². The number of imidazole rings is 1. The molecule has 6 aromatic rings. The van der Waals surface area contributed by atoms with Gasteiger partial charge in [0.15, 0.2) is 5.65 Å². The van der Waals surface area contributed by atoms with Crippen molar-refractivity contribution in [1.82, 2.24) is 29.9 Å². The number of rotatable bonds is 5. The van der Waals surface area contributed by atoms with Crippen molar-refractivity contribution in [2.75, 3.05) is 10.6 Å². The van der Waals surface area contributed by atoms with Crippen LogP contribution in [0.3, 0.4) is 0 Å². The minimum atomic E-state index is 0. The van der Waals surface area contributed by atoms with Gasteiger partial charge in [-0.3, -0.25) is 0 Å². The number of fused-ring (bicyclic) bond motifs is 2. The number of H-pyrrole nitrogens is 1. The predicted octanol–water partition coefficient (Wildman–Crippen LogP) is 6.83. The van der Waals surface area contributed by atoms with Crippen LogP contribution >= 0.6 is 24.0 Å². The van der Waals surface area contributed by atoms with Gasteiger partial charge in [0.25, 0.3) is 0 Å². The molecule has 178 valence electrons. The summed E-state index contributed by atoms with van der Waals surface area (Å²) in [5.41, 5.74) is 5.86. The summed E-state index contributed by atoms with van der Waals surface area (Å²) >= 11 is 6.04. The van der Waals surface area contributed by atoms with Crippen molar-refractivity contribution < 1.29 is 0 Å². The van der Waals surface area contributed by atoms with Crippen LogP contribution in [0.2, 0.25) is 5.02 Å². The van der Waals surface area contributed by atoms with Crippen molar-refractivity contribution in [1.29, 1.82) is 0 Å². The Balaban J connectivity index is 0.00000267. The summed E-state index contributed by atoms with van der Waals surface area (Å²) < 4.78 is 0. The van der Waals surface area contributed by atoms with E-state index < -0.39 is 0 Å². The van der Waals surface area contributed by atoms with Crippen LogP contribution in [0.5, 0.6) is 0 Å². The molecule has 0 saturated heterocycles. The molecule has 0 atom stereocenters. The predicted molar refractivity (Wildman–Crippen MR) is 147 cm³/mol.